The second-order valence-electron chi connectivity index (χ2n) is 18.7. The Morgan fingerprint density at radius 1 is 0.917 bits per heavy atom. The monoisotopic (exact) mass is 895 g/mol. The normalized spacial score (nSPS) is 28.9. The van der Waals surface area contributed by atoms with Crippen LogP contribution in [-0.4, -0.2) is 89.8 Å². The van der Waals surface area contributed by atoms with Gasteiger partial charge >= 0.3 is 11.9 Å². The Bertz CT molecular complexity index is 1380. The first-order valence-corrected chi connectivity index (χ1v) is 31.6. The van der Waals surface area contributed by atoms with E-state index in [1.165, 1.54) is 6.92 Å². The lowest BCUT2D eigenvalue weighted by atomic mass is 9.88. The molecule has 12 heteroatoms. The molecule has 2 rings (SSSR count). The molecule has 0 aromatic heterocycles. The fourth-order valence-electron chi connectivity index (χ4n) is 9.45. The standard InChI is InChI=1S/C48H90O9Si3/c1-17-41(56-59(21-5,22-6)23-7)38(13)46-42(53-46)35-47(15,57-60(24-8,25-9)26-10)32-27-28-36(11)45-37(12)29-30-43(52-39(14)49)48(16,51)33-31-40(34-44(50)54-45)55-58(18-2,19-3)20-4/h27-30,32,37-38,40-43,45-46,51H,17-26,31,33-35H2,1-16H3/b30-29-,32-27+,36-28+/t37-,38+,40+,41-,42+,43-,45+,46-,47-,48+/m0/s1. The van der Waals surface area contributed by atoms with Crippen LogP contribution in [0.2, 0.25) is 54.4 Å². The van der Waals surface area contributed by atoms with Gasteiger partial charge in [-0.25, -0.2) is 0 Å². The van der Waals surface area contributed by atoms with Crippen LogP contribution in [-0.2, 0) is 37.1 Å². The van der Waals surface area contributed by atoms with Gasteiger partial charge in [-0.15, -0.1) is 0 Å². The minimum absolute atomic E-state index is 0.0838. The van der Waals surface area contributed by atoms with Crippen LogP contribution in [0.4, 0.5) is 0 Å². The molecule has 0 spiro atoms. The van der Waals surface area contributed by atoms with Crippen LogP contribution in [0.15, 0.2) is 36.0 Å². The van der Waals surface area contributed by atoms with Crippen molar-refractivity contribution >= 4 is 36.9 Å². The summed E-state index contributed by atoms with van der Waals surface area (Å²) in [6, 6.07) is 9.36. The highest BCUT2D eigenvalue weighted by molar-refractivity contribution is 6.74. The molecule has 1 saturated heterocycles. The summed E-state index contributed by atoms with van der Waals surface area (Å²) in [5.74, 6) is -0.775. The van der Waals surface area contributed by atoms with Crippen LogP contribution >= 0.6 is 0 Å². The van der Waals surface area contributed by atoms with Gasteiger partial charge in [0.25, 0.3) is 0 Å². The average Bonchev–Trinajstić information content (AvgIpc) is 3.99. The number of aliphatic hydroxyl groups is 1. The van der Waals surface area contributed by atoms with Crippen LogP contribution in [0.5, 0.6) is 0 Å². The highest BCUT2D eigenvalue weighted by Gasteiger charge is 2.51. The van der Waals surface area contributed by atoms with E-state index in [2.05, 4.69) is 95.2 Å². The summed E-state index contributed by atoms with van der Waals surface area (Å²) in [7, 11) is -5.90. The maximum absolute atomic E-state index is 13.9. The minimum atomic E-state index is -2.10. The Morgan fingerprint density at radius 3 is 1.97 bits per heavy atom. The van der Waals surface area contributed by atoms with Crippen LogP contribution in [0.3, 0.4) is 0 Å². The number of ether oxygens (including phenoxy) is 3. The van der Waals surface area contributed by atoms with Gasteiger partial charge in [-0.3, -0.25) is 9.59 Å². The average molecular weight is 895 g/mol. The molecule has 1 N–H and O–H groups in total. The van der Waals surface area contributed by atoms with E-state index in [0.717, 1.165) is 72.8 Å². The quantitative estimate of drug-likeness (QED) is 0.0333. The lowest BCUT2D eigenvalue weighted by Gasteiger charge is -2.39. The maximum Gasteiger partial charge on any atom is 0.308 e. The second kappa shape index (κ2) is 24.6. The molecule has 1 fully saturated rings. The summed E-state index contributed by atoms with van der Waals surface area (Å²) in [6.07, 6.45) is 11.0. The first kappa shape index (κ1) is 54.7. The second-order valence-corrected chi connectivity index (χ2v) is 32.8. The van der Waals surface area contributed by atoms with Gasteiger partial charge in [0.2, 0.25) is 0 Å². The third-order valence-electron chi connectivity index (χ3n) is 14.7. The smallest absolute Gasteiger partial charge is 0.308 e. The minimum Gasteiger partial charge on any atom is -0.457 e. The number of esters is 2. The number of epoxide rings is 1. The number of carbonyl (C=O) groups excluding carboxylic acids is 2. The number of allylic oxidation sites excluding steroid dienone is 2. The third kappa shape index (κ3) is 15.4. The molecule has 9 nitrogen and oxygen atoms in total. The predicted molar refractivity (Wildman–Crippen MR) is 255 cm³/mol. The molecule has 2 aliphatic heterocycles. The van der Waals surface area contributed by atoms with Gasteiger partial charge in [0.15, 0.2) is 25.0 Å². The molecule has 60 heavy (non-hydrogen) atoms. The number of cyclic esters (lactones) is 1. The molecular formula is C48H90O9Si3. The van der Waals surface area contributed by atoms with Gasteiger partial charge < -0.3 is 32.6 Å². The predicted octanol–water partition coefficient (Wildman–Crippen LogP) is 12.2. The summed E-state index contributed by atoms with van der Waals surface area (Å²) >= 11 is 0. The number of rotatable bonds is 24. The highest BCUT2D eigenvalue weighted by atomic mass is 28.4. The molecule has 0 aliphatic carbocycles. The summed E-state index contributed by atoms with van der Waals surface area (Å²) in [6.45, 7) is 34.0. The molecule has 2 heterocycles. The van der Waals surface area contributed by atoms with Gasteiger partial charge in [-0.1, -0.05) is 107 Å². The van der Waals surface area contributed by atoms with Crippen molar-refractivity contribution in [2.45, 2.75) is 245 Å². The van der Waals surface area contributed by atoms with Gasteiger partial charge in [0.1, 0.15) is 17.8 Å². The molecule has 0 saturated carbocycles. The zero-order valence-electron chi connectivity index (χ0n) is 41.1. The first-order valence-electron chi connectivity index (χ1n) is 24.0. The molecule has 0 aromatic carbocycles. The molecular weight excluding hydrogens is 805 g/mol. The van der Waals surface area contributed by atoms with Crippen LogP contribution in [0.1, 0.15) is 143 Å². The summed E-state index contributed by atoms with van der Waals surface area (Å²) in [5, 5.41) is 11.7. The maximum atomic E-state index is 13.9. The zero-order valence-corrected chi connectivity index (χ0v) is 44.1. The summed E-state index contributed by atoms with van der Waals surface area (Å²) in [5.41, 5.74) is -1.04. The van der Waals surface area contributed by atoms with Crippen molar-refractivity contribution in [3.63, 3.8) is 0 Å². The van der Waals surface area contributed by atoms with Crippen molar-refractivity contribution in [2.75, 3.05) is 0 Å². The Labute approximate surface area is 370 Å². The number of hydrogen-bond acceptors (Lipinski definition) is 9. The van der Waals surface area contributed by atoms with Crippen molar-refractivity contribution < 1.29 is 42.2 Å². The number of carbonyl (C=O) groups is 2. The molecule has 10 atom stereocenters. The van der Waals surface area contributed by atoms with Crippen LogP contribution in [0.25, 0.3) is 0 Å². The fraction of sp³-hybridized carbons (Fsp3) is 0.833. The fourth-order valence-corrected chi connectivity index (χ4v) is 18.5. The Hall–Kier alpha value is -1.39. The van der Waals surface area contributed by atoms with E-state index in [9.17, 15) is 14.7 Å². The topological polar surface area (TPSA) is 113 Å². The molecule has 0 radical (unpaired) electrons. The Morgan fingerprint density at radius 2 is 1.47 bits per heavy atom. The molecule has 0 amide bonds. The highest BCUT2D eigenvalue weighted by Crippen LogP contribution is 2.42. The molecule has 348 valence electrons. The van der Waals surface area contributed by atoms with Crippen LogP contribution in [0, 0.1) is 11.8 Å². The van der Waals surface area contributed by atoms with Crippen LogP contribution < -0.4 is 0 Å². The number of hydrogen-bond donors (Lipinski definition) is 1. The van der Waals surface area contributed by atoms with E-state index >= 15 is 0 Å². The SMILES string of the molecule is CC[C@H](O[Si](CC)(CC)CC)[C@@H](C)[C@@H]1O[C@@H]1C[C@](C)(/C=C/C=C(\C)[C@H]1OC(=O)C[C@H](O[Si](CC)(CC)CC)CC[C@@](C)(O)[C@@H](OC(C)=O)/C=C\[C@@H]1C)O[Si](CC)(CC)CC. The van der Waals surface area contributed by atoms with Gasteiger partial charge in [-0.2, -0.15) is 0 Å². The van der Waals surface area contributed by atoms with Crippen molar-refractivity contribution in [1.29, 1.82) is 0 Å². The van der Waals surface area contributed by atoms with Gasteiger partial charge in [-0.05, 0) is 106 Å². The lowest BCUT2D eigenvalue weighted by Crippen LogP contribution is -2.46. The Kier molecular flexibility index (Phi) is 22.5. The van der Waals surface area contributed by atoms with Crippen molar-refractivity contribution in [3.8, 4) is 0 Å². The van der Waals surface area contributed by atoms with Crippen molar-refractivity contribution in [3.05, 3.63) is 36.0 Å². The summed E-state index contributed by atoms with van der Waals surface area (Å²) < 4.78 is 39.8. The Balaban J connectivity index is 2.52. The van der Waals surface area contributed by atoms with Crippen molar-refractivity contribution in [1.82, 2.24) is 0 Å². The van der Waals surface area contributed by atoms with E-state index in [-0.39, 0.29) is 36.6 Å². The lowest BCUT2D eigenvalue weighted by molar-refractivity contribution is -0.157. The van der Waals surface area contributed by atoms with E-state index in [1.807, 2.05) is 26.0 Å². The first-order chi connectivity index (χ1) is 28.2. The van der Waals surface area contributed by atoms with E-state index < -0.39 is 60.4 Å². The van der Waals surface area contributed by atoms with Crippen molar-refractivity contribution in [2.24, 2.45) is 11.8 Å². The van der Waals surface area contributed by atoms with E-state index in [1.54, 1.807) is 13.0 Å². The molecule has 0 bridgehead atoms. The zero-order chi connectivity index (χ0) is 45.5. The molecule has 0 aromatic rings. The van der Waals surface area contributed by atoms with E-state index in [0.29, 0.717) is 18.8 Å². The largest absolute Gasteiger partial charge is 0.457 e. The third-order valence-corrected chi connectivity index (χ3v) is 28.8. The molecule has 0 unspecified atom stereocenters. The van der Waals surface area contributed by atoms with E-state index in [4.69, 9.17) is 27.5 Å². The molecule has 2 aliphatic rings. The summed E-state index contributed by atoms with van der Waals surface area (Å²) in [4.78, 5) is 26.1. The van der Waals surface area contributed by atoms with Gasteiger partial charge in [0, 0.05) is 31.3 Å². The van der Waals surface area contributed by atoms with Gasteiger partial charge in [0.05, 0.1) is 30.3 Å².